The molecule has 1 aliphatic rings. The molecule has 14 aromatic rings. The van der Waals surface area contributed by atoms with Crippen molar-refractivity contribution in [3.63, 3.8) is 0 Å². The first-order valence-electron chi connectivity index (χ1n) is 23.9. The third-order valence-electron chi connectivity index (χ3n) is 14.4. The van der Waals surface area contributed by atoms with Crippen LogP contribution in [0.15, 0.2) is 221 Å². The van der Waals surface area contributed by atoms with Gasteiger partial charge in [0.1, 0.15) is 22.5 Å². The van der Waals surface area contributed by atoms with E-state index in [1.165, 1.54) is 16.3 Å². The molecule has 0 amide bonds. The van der Waals surface area contributed by atoms with E-state index in [2.05, 4.69) is 215 Å². The number of para-hydroxylation sites is 3. The summed E-state index contributed by atoms with van der Waals surface area (Å²) in [5, 5.41) is 8.05. The number of nitrogens with zero attached hydrogens (tertiary/aromatic N) is 4. The highest BCUT2D eigenvalue weighted by atomic mass is 16.3. The van der Waals surface area contributed by atoms with Crippen LogP contribution < -0.4 is 0 Å². The van der Waals surface area contributed by atoms with Crippen molar-refractivity contribution >= 4 is 82.6 Å². The van der Waals surface area contributed by atoms with E-state index < -0.39 is 0 Å². The minimum atomic E-state index is 0.806. The van der Waals surface area contributed by atoms with Gasteiger partial charge in [-0.1, -0.05) is 127 Å². The van der Waals surface area contributed by atoms with Gasteiger partial charge in [0.15, 0.2) is 0 Å². The van der Waals surface area contributed by atoms with Crippen LogP contribution in [0.25, 0.3) is 139 Å². The number of rotatable bonds is 6. The summed E-state index contributed by atoms with van der Waals surface area (Å²) in [6, 6.07) is 73.2. The normalized spacial score (nSPS) is 12.7. The van der Waals surface area contributed by atoms with Crippen molar-refractivity contribution < 1.29 is 8.83 Å². The number of aryl methyl sites for hydroxylation is 1. The molecule has 328 valence electrons. The predicted molar refractivity (Wildman–Crippen MR) is 287 cm³/mol. The summed E-state index contributed by atoms with van der Waals surface area (Å²) in [5.74, 6) is 1.06. The fourth-order valence-electron chi connectivity index (χ4n) is 11.2. The number of pyridine rings is 2. The minimum absolute atomic E-state index is 0.806. The lowest BCUT2D eigenvalue weighted by atomic mass is 10.00. The maximum atomic E-state index is 6.45. The van der Waals surface area contributed by atoms with E-state index in [1.807, 2.05) is 12.1 Å². The molecule has 0 unspecified atom stereocenters. The Morgan fingerprint density at radius 3 is 1.66 bits per heavy atom. The highest BCUT2D eigenvalue weighted by Crippen LogP contribution is 2.43. The second-order valence-corrected chi connectivity index (χ2v) is 18.3. The van der Waals surface area contributed by atoms with E-state index in [-0.39, 0.29) is 0 Å². The van der Waals surface area contributed by atoms with Gasteiger partial charge in [-0.15, -0.1) is 0 Å². The first-order chi connectivity index (χ1) is 34.7. The molecule has 0 aliphatic heterocycles. The molecule has 0 saturated carbocycles. The summed E-state index contributed by atoms with van der Waals surface area (Å²) < 4.78 is 17.6. The van der Waals surface area contributed by atoms with Crippen LogP contribution in [0.2, 0.25) is 0 Å². The maximum Gasteiger partial charge on any atom is 0.137 e. The topological polar surface area (TPSA) is 61.9 Å². The summed E-state index contributed by atoms with van der Waals surface area (Å²) in [5.41, 5.74) is 18.3. The smallest absolute Gasteiger partial charge is 0.137 e. The molecule has 0 radical (unpaired) electrons. The Hall–Kier alpha value is -9.26. The molecule has 6 aromatic heterocycles. The second kappa shape index (κ2) is 15.1. The molecule has 70 heavy (non-hydrogen) atoms. The molecular formula is C64H40N4O2. The Morgan fingerprint density at radius 1 is 0.357 bits per heavy atom. The largest absolute Gasteiger partial charge is 0.460 e. The standard InChI is InChI=1S/C64H40N4O2/c1-2-15-39(16-3-1)42-37-51(41-32-34-56-48(36-41)44-18-5-9-24-54(44)68(56)58-26-14-30-62-64(58)46-20-7-11-28-60(46)70-62)66-52(38-42)50-22-12-21-49(65-50)40-31-33-55-47(35-40)43-17-4-8-23-53(43)67(55)57-25-13-29-61-63(57)45-19-6-10-27-59(45)69-61/h1-10,12-27,29-38H,11,28H2. The van der Waals surface area contributed by atoms with Crippen molar-refractivity contribution in [3.8, 4) is 56.4 Å². The minimum Gasteiger partial charge on any atom is -0.460 e. The molecule has 0 fully saturated rings. The zero-order valence-corrected chi connectivity index (χ0v) is 37.8. The SMILES string of the molecule is C1=Cc2c(oc3cccc(-n4c5ccccc5c5cc(-c6cc(-c7ccccc7)cc(-c7cccc(-c8ccc9c(c8)c8ccccc8n9-c8cccc9oc%10ccccc%10c89)n7)n6)ccc54)c23)CC1. The zero-order chi connectivity index (χ0) is 45.9. The summed E-state index contributed by atoms with van der Waals surface area (Å²) in [6.45, 7) is 0. The predicted octanol–water partition coefficient (Wildman–Crippen LogP) is 16.9. The van der Waals surface area contributed by atoms with Crippen LogP contribution in [-0.4, -0.2) is 19.1 Å². The average Bonchev–Trinajstić information content (AvgIpc) is 4.19. The van der Waals surface area contributed by atoms with Gasteiger partial charge >= 0.3 is 0 Å². The van der Waals surface area contributed by atoms with E-state index in [9.17, 15) is 0 Å². The van der Waals surface area contributed by atoms with Crippen molar-refractivity contribution in [2.75, 3.05) is 0 Å². The van der Waals surface area contributed by atoms with Crippen LogP contribution in [0, 0.1) is 0 Å². The lowest BCUT2D eigenvalue weighted by Gasteiger charge is -2.12. The fourth-order valence-corrected chi connectivity index (χ4v) is 11.2. The number of aromatic nitrogens is 4. The van der Waals surface area contributed by atoms with Crippen LogP contribution in [0.5, 0.6) is 0 Å². The van der Waals surface area contributed by atoms with Gasteiger partial charge in [0, 0.05) is 50.0 Å². The number of furan rings is 2. The Balaban J connectivity index is 0.868. The molecule has 6 heteroatoms. The Kier molecular flexibility index (Phi) is 8.38. The van der Waals surface area contributed by atoms with E-state index in [1.54, 1.807) is 0 Å². The molecule has 1 aliphatic carbocycles. The van der Waals surface area contributed by atoms with Crippen molar-refractivity contribution in [2.24, 2.45) is 0 Å². The van der Waals surface area contributed by atoms with Crippen LogP contribution in [0.3, 0.4) is 0 Å². The Bertz CT molecular complexity index is 4490. The third kappa shape index (κ3) is 5.86. The van der Waals surface area contributed by atoms with E-state index in [0.29, 0.717) is 0 Å². The van der Waals surface area contributed by atoms with Crippen molar-refractivity contribution in [1.29, 1.82) is 0 Å². The zero-order valence-electron chi connectivity index (χ0n) is 37.8. The first kappa shape index (κ1) is 38.8. The molecule has 0 N–H and O–H groups in total. The van der Waals surface area contributed by atoms with E-state index in [4.69, 9.17) is 18.8 Å². The van der Waals surface area contributed by atoms with Crippen molar-refractivity contribution in [2.45, 2.75) is 12.8 Å². The highest BCUT2D eigenvalue weighted by Gasteiger charge is 2.23. The summed E-state index contributed by atoms with van der Waals surface area (Å²) in [7, 11) is 0. The molecular weight excluding hydrogens is 857 g/mol. The average molecular weight is 897 g/mol. The van der Waals surface area contributed by atoms with Crippen LogP contribution in [-0.2, 0) is 6.42 Å². The lowest BCUT2D eigenvalue weighted by molar-refractivity contribution is 0.546. The van der Waals surface area contributed by atoms with E-state index >= 15 is 0 Å². The van der Waals surface area contributed by atoms with Crippen molar-refractivity contribution in [1.82, 2.24) is 19.1 Å². The van der Waals surface area contributed by atoms with Crippen LogP contribution >= 0.6 is 0 Å². The monoisotopic (exact) mass is 896 g/mol. The quantitative estimate of drug-likeness (QED) is 0.167. The summed E-state index contributed by atoms with van der Waals surface area (Å²) >= 11 is 0. The molecule has 0 saturated heterocycles. The highest BCUT2D eigenvalue weighted by molar-refractivity contribution is 6.15. The molecule has 6 heterocycles. The molecule has 6 nitrogen and oxygen atoms in total. The van der Waals surface area contributed by atoms with Gasteiger partial charge < -0.3 is 18.0 Å². The van der Waals surface area contributed by atoms with Crippen LogP contribution in [0.1, 0.15) is 17.7 Å². The molecule has 0 spiro atoms. The van der Waals surface area contributed by atoms with Gasteiger partial charge in [-0.2, -0.15) is 0 Å². The second-order valence-electron chi connectivity index (χ2n) is 18.3. The number of allylic oxidation sites excluding steroid dienone is 1. The van der Waals surface area contributed by atoms with Crippen molar-refractivity contribution in [3.05, 3.63) is 224 Å². The summed E-state index contributed by atoms with van der Waals surface area (Å²) in [6.07, 6.45) is 6.40. The fraction of sp³-hybridized carbons (Fsp3) is 0.0312. The van der Waals surface area contributed by atoms with Gasteiger partial charge in [-0.25, -0.2) is 9.97 Å². The van der Waals surface area contributed by atoms with Gasteiger partial charge in [0.25, 0.3) is 0 Å². The van der Waals surface area contributed by atoms with Gasteiger partial charge in [-0.05, 0) is 109 Å². The third-order valence-corrected chi connectivity index (χ3v) is 14.4. The molecule has 0 bridgehead atoms. The number of benzene rings is 8. The molecule has 8 aromatic carbocycles. The maximum absolute atomic E-state index is 6.45. The number of hydrogen-bond acceptors (Lipinski definition) is 4. The Labute approximate surface area is 401 Å². The number of hydrogen-bond donors (Lipinski definition) is 0. The molecule has 15 rings (SSSR count). The Morgan fingerprint density at radius 2 is 0.914 bits per heavy atom. The first-order valence-corrected chi connectivity index (χ1v) is 23.9. The lowest BCUT2D eigenvalue weighted by Crippen LogP contribution is -1.97. The van der Waals surface area contributed by atoms with Gasteiger partial charge in [-0.3, -0.25) is 0 Å². The van der Waals surface area contributed by atoms with E-state index in [0.717, 1.165) is 141 Å². The van der Waals surface area contributed by atoms with Gasteiger partial charge in [0.2, 0.25) is 0 Å². The summed E-state index contributed by atoms with van der Waals surface area (Å²) in [4.78, 5) is 10.8. The number of fused-ring (bicyclic) bond motifs is 12. The van der Waals surface area contributed by atoms with Crippen LogP contribution in [0.4, 0.5) is 0 Å². The molecule has 0 atom stereocenters. The van der Waals surface area contributed by atoms with Gasteiger partial charge in [0.05, 0.1) is 67.0 Å².